The van der Waals surface area contributed by atoms with Gasteiger partial charge in [-0.2, -0.15) is 13.2 Å². The third-order valence-electron chi connectivity index (χ3n) is 6.58. The lowest BCUT2D eigenvalue weighted by molar-refractivity contribution is -0.138. The van der Waals surface area contributed by atoms with Crippen molar-refractivity contribution in [1.29, 1.82) is 0 Å². The van der Waals surface area contributed by atoms with Crippen LogP contribution in [-0.4, -0.2) is 18.0 Å². The summed E-state index contributed by atoms with van der Waals surface area (Å²) in [6.07, 6.45) is -0.386. The van der Waals surface area contributed by atoms with E-state index in [9.17, 15) is 18.0 Å². The zero-order valence-corrected chi connectivity index (χ0v) is 16.4. The molecule has 2 aromatic carbocycles. The predicted octanol–water partition coefficient (Wildman–Crippen LogP) is 5.02. The molecule has 2 saturated heterocycles. The van der Waals surface area contributed by atoms with Crippen LogP contribution in [0, 0.1) is 12.8 Å². The van der Waals surface area contributed by atoms with Gasteiger partial charge in [0, 0.05) is 11.1 Å². The molecule has 1 saturated carbocycles. The third-order valence-corrected chi connectivity index (χ3v) is 6.58. The fourth-order valence-electron chi connectivity index (χ4n) is 4.90. The zero-order chi connectivity index (χ0) is 20.6. The van der Waals surface area contributed by atoms with Gasteiger partial charge in [0.25, 0.3) is 5.91 Å². The van der Waals surface area contributed by atoms with E-state index in [1.54, 1.807) is 0 Å². The van der Waals surface area contributed by atoms with Crippen molar-refractivity contribution in [3.63, 3.8) is 0 Å². The molecule has 0 aromatic heterocycles. The van der Waals surface area contributed by atoms with Crippen LogP contribution in [0.15, 0.2) is 48.5 Å². The van der Waals surface area contributed by atoms with Crippen molar-refractivity contribution in [2.24, 2.45) is 5.92 Å². The smallest absolute Gasteiger partial charge is 0.343 e. The quantitative estimate of drug-likeness (QED) is 0.754. The number of rotatable bonds is 4. The van der Waals surface area contributed by atoms with Crippen LogP contribution in [0.3, 0.4) is 0 Å². The van der Waals surface area contributed by atoms with Crippen LogP contribution in [0.1, 0.15) is 58.8 Å². The molecule has 154 valence electrons. The molecule has 2 aromatic rings. The van der Waals surface area contributed by atoms with Crippen LogP contribution in [0.4, 0.5) is 13.2 Å². The Morgan fingerprint density at radius 2 is 1.79 bits per heavy atom. The summed E-state index contributed by atoms with van der Waals surface area (Å²) < 4.78 is 39.9. The van der Waals surface area contributed by atoms with E-state index in [0.717, 1.165) is 43.9 Å². The molecule has 2 bridgehead atoms. The van der Waals surface area contributed by atoms with E-state index in [1.165, 1.54) is 19.1 Å². The van der Waals surface area contributed by atoms with E-state index in [-0.39, 0.29) is 22.7 Å². The van der Waals surface area contributed by atoms with Crippen molar-refractivity contribution in [2.45, 2.75) is 50.4 Å². The zero-order valence-electron chi connectivity index (χ0n) is 16.4. The minimum Gasteiger partial charge on any atom is -0.343 e. The second-order valence-electron chi connectivity index (χ2n) is 8.27. The Balaban J connectivity index is 1.68. The summed E-state index contributed by atoms with van der Waals surface area (Å²) in [5.74, 6) is 0.209. The summed E-state index contributed by atoms with van der Waals surface area (Å²) in [4.78, 5) is 13.1. The SMILES string of the molecule is Cc1c(C(=O)NC(c2ccccc2)C23CCC(CC2)CN3)cccc1C(F)(F)F. The molecule has 5 rings (SSSR count). The van der Waals surface area contributed by atoms with Gasteiger partial charge in [-0.1, -0.05) is 36.4 Å². The van der Waals surface area contributed by atoms with Crippen LogP contribution in [0.25, 0.3) is 0 Å². The maximum absolute atomic E-state index is 13.3. The van der Waals surface area contributed by atoms with Gasteiger partial charge in [0.05, 0.1) is 11.6 Å². The first-order valence-corrected chi connectivity index (χ1v) is 10.1. The molecule has 29 heavy (non-hydrogen) atoms. The van der Waals surface area contributed by atoms with Gasteiger partial charge in [-0.15, -0.1) is 0 Å². The molecule has 0 spiro atoms. The molecule has 1 amide bonds. The van der Waals surface area contributed by atoms with Crippen LogP contribution >= 0.6 is 0 Å². The Kier molecular flexibility index (Phi) is 5.15. The molecular weight excluding hydrogens is 377 g/mol. The lowest BCUT2D eigenvalue weighted by atomic mass is 9.67. The Morgan fingerprint density at radius 1 is 1.10 bits per heavy atom. The van der Waals surface area contributed by atoms with Gasteiger partial charge in [-0.05, 0) is 68.3 Å². The number of amides is 1. The largest absolute Gasteiger partial charge is 0.416 e. The minimum atomic E-state index is -4.48. The van der Waals surface area contributed by atoms with E-state index >= 15 is 0 Å². The molecule has 2 aliphatic heterocycles. The van der Waals surface area contributed by atoms with Crippen molar-refractivity contribution in [1.82, 2.24) is 10.6 Å². The van der Waals surface area contributed by atoms with E-state index in [4.69, 9.17) is 0 Å². The van der Waals surface area contributed by atoms with Crippen LogP contribution in [-0.2, 0) is 6.18 Å². The summed E-state index contributed by atoms with van der Waals surface area (Å²) in [5, 5.41) is 6.73. The number of piperidine rings is 2. The Bertz CT molecular complexity index is 873. The topological polar surface area (TPSA) is 41.1 Å². The molecule has 3 fully saturated rings. The number of carbonyl (C=O) groups is 1. The summed E-state index contributed by atoms with van der Waals surface area (Å²) >= 11 is 0. The number of nitrogens with one attached hydrogen (secondary N) is 2. The number of hydrogen-bond acceptors (Lipinski definition) is 2. The van der Waals surface area contributed by atoms with Crippen molar-refractivity contribution >= 4 is 5.91 Å². The standard InChI is InChI=1S/C23H25F3N2O/c1-15-18(8-5-9-19(15)23(24,25)26)21(29)28-20(17-6-3-2-4-7-17)22-12-10-16(11-13-22)14-27-22/h2-9,16,20,27H,10-14H2,1H3,(H,28,29). The highest BCUT2D eigenvalue weighted by atomic mass is 19.4. The Morgan fingerprint density at radius 3 is 2.38 bits per heavy atom. The summed E-state index contributed by atoms with van der Waals surface area (Å²) in [6, 6.07) is 13.2. The second-order valence-corrected chi connectivity index (χ2v) is 8.27. The molecular formula is C23H25F3N2O. The fraction of sp³-hybridized carbons (Fsp3) is 0.435. The number of halogens is 3. The molecule has 1 atom stereocenters. The maximum atomic E-state index is 13.3. The number of hydrogen-bond donors (Lipinski definition) is 2. The molecule has 6 heteroatoms. The Labute approximate surface area is 168 Å². The Hall–Kier alpha value is -2.34. The number of fused-ring (bicyclic) bond motifs is 3. The van der Waals surface area contributed by atoms with Gasteiger partial charge >= 0.3 is 6.18 Å². The van der Waals surface area contributed by atoms with Gasteiger partial charge in [-0.25, -0.2) is 0 Å². The van der Waals surface area contributed by atoms with Gasteiger partial charge in [0.15, 0.2) is 0 Å². The number of benzene rings is 2. The molecule has 0 radical (unpaired) electrons. The van der Waals surface area contributed by atoms with Crippen molar-refractivity contribution < 1.29 is 18.0 Å². The summed E-state index contributed by atoms with van der Waals surface area (Å²) in [7, 11) is 0. The highest BCUT2D eigenvalue weighted by Gasteiger charge is 2.47. The third kappa shape index (κ3) is 3.78. The second kappa shape index (κ2) is 7.48. The van der Waals surface area contributed by atoms with Crippen molar-refractivity contribution in [3.8, 4) is 0 Å². The number of alkyl halides is 3. The van der Waals surface area contributed by atoms with Crippen LogP contribution in [0.2, 0.25) is 0 Å². The molecule has 3 nitrogen and oxygen atoms in total. The molecule has 3 aliphatic rings. The maximum Gasteiger partial charge on any atom is 0.416 e. The summed E-state index contributed by atoms with van der Waals surface area (Å²) in [6.45, 7) is 2.28. The van der Waals surface area contributed by atoms with Crippen LogP contribution in [0.5, 0.6) is 0 Å². The van der Waals surface area contributed by atoms with E-state index < -0.39 is 17.6 Å². The first-order valence-electron chi connectivity index (χ1n) is 10.1. The first kappa shape index (κ1) is 20.0. The van der Waals surface area contributed by atoms with Gasteiger partial charge in [0.2, 0.25) is 0 Å². The monoisotopic (exact) mass is 402 g/mol. The van der Waals surface area contributed by atoms with E-state index in [1.807, 2.05) is 30.3 Å². The van der Waals surface area contributed by atoms with Gasteiger partial charge < -0.3 is 10.6 Å². The highest BCUT2D eigenvalue weighted by Crippen LogP contribution is 2.44. The lowest BCUT2D eigenvalue weighted by Crippen LogP contribution is -2.62. The molecule has 2 N–H and O–H groups in total. The highest BCUT2D eigenvalue weighted by molar-refractivity contribution is 5.96. The van der Waals surface area contributed by atoms with Crippen molar-refractivity contribution in [2.75, 3.05) is 6.54 Å². The predicted molar refractivity (Wildman–Crippen MR) is 106 cm³/mol. The number of carbonyl (C=O) groups excluding carboxylic acids is 1. The first-order chi connectivity index (χ1) is 13.8. The lowest BCUT2D eigenvalue weighted by Gasteiger charge is -2.52. The van der Waals surface area contributed by atoms with E-state index in [0.29, 0.717) is 5.92 Å². The average Bonchev–Trinajstić information content (AvgIpc) is 2.73. The average molecular weight is 402 g/mol. The molecule has 1 aliphatic carbocycles. The van der Waals surface area contributed by atoms with Crippen LogP contribution < -0.4 is 10.6 Å². The van der Waals surface area contributed by atoms with Gasteiger partial charge in [0.1, 0.15) is 0 Å². The molecule has 2 heterocycles. The van der Waals surface area contributed by atoms with E-state index in [2.05, 4.69) is 10.6 Å². The normalized spacial score (nSPS) is 24.9. The van der Waals surface area contributed by atoms with Gasteiger partial charge in [-0.3, -0.25) is 4.79 Å². The molecule has 1 unspecified atom stereocenters. The van der Waals surface area contributed by atoms with Crippen molar-refractivity contribution in [3.05, 3.63) is 70.8 Å². The summed E-state index contributed by atoms with van der Waals surface area (Å²) in [5.41, 5.74) is -0.0284. The minimum absolute atomic E-state index is 0.0397. The fourth-order valence-corrected chi connectivity index (χ4v) is 4.90.